The Bertz CT molecular complexity index is 126. The second-order valence-electron chi connectivity index (χ2n) is 2.81. The molecule has 0 heterocycles. The summed E-state index contributed by atoms with van der Waals surface area (Å²) in [6.07, 6.45) is 1.44. The van der Waals surface area contributed by atoms with Crippen LogP contribution in [0.25, 0.3) is 0 Å². The second kappa shape index (κ2) is 7.10. The van der Waals surface area contributed by atoms with E-state index in [4.69, 9.17) is 4.74 Å². The Labute approximate surface area is 74.5 Å². The molecule has 0 fully saturated rings. The topological polar surface area (TPSA) is 38.3 Å². The highest BCUT2D eigenvalue weighted by Gasteiger charge is 2.03. The first-order chi connectivity index (χ1) is 5.70. The van der Waals surface area contributed by atoms with E-state index in [2.05, 4.69) is 5.32 Å². The summed E-state index contributed by atoms with van der Waals surface area (Å²) in [5, 5.41) is 2.87. The predicted molar refractivity (Wildman–Crippen MR) is 49.0 cm³/mol. The largest absolute Gasteiger partial charge is 0.382 e. The van der Waals surface area contributed by atoms with Crippen LogP contribution in [0.2, 0.25) is 0 Å². The second-order valence-corrected chi connectivity index (χ2v) is 2.81. The Hall–Kier alpha value is -0.570. The lowest BCUT2D eigenvalue weighted by Crippen LogP contribution is -2.32. The minimum atomic E-state index is 0.110. The number of hydrogen-bond donors (Lipinski definition) is 1. The Morgan fingerprint density at radius 1 is 1.50 bits per heavy atom. The Morgan fingerprint density at radius 3 is 2.67 bits per heavy atom. The third-order valence-electron chi connectivity index (χ3n) is 1.63. The quantitative estimate of drug-likeness (QED) is 0.615. The van der Waals surface area contributed by atoms with E-state index in [1.54, 1.807) is 0 Å². The summed E-state index contributed by atoms with van der Waals surface area (Å²) in [4.78, 5) is 10.9. The summed E-state index contributed by atoms with van der Waals surface area (Å²) in [5.41, 5.74) is 0. The van der Waals surface area contributed by atoms with Crippen molar-refractivity contribution in [3.05, 3.63) is 0 Å². The molecule has 0 spiro atoms. The number of rotatable bonds is 6. The van der Waals surface area contributed by atoms with E-state index >= 15 is 0 Å². The van der Waals surface area contributed by atoms with Gasteiger partial charge in [0, 0.05) is 25.7 Å². The maximum Gasteiger partial charge on any atom is 0.219 e. The molecule has 0 radical (unpaired) electrons. The Kier molecular flexibility index (Phi) is 6.76. The van der Waals surface area contributed by atoms with Crippen molar-refractivity contribution in [2.24, 2.45) is 0 Å². The predicted octanol–water partition coefficient (Wildman–Crippen LogP) is 1.33. The minimum Gasteiger partial charge on any atom is -0.382 e. The van der Waals surface area contributed by atoms with E-state index in [0.29, 0.717) is 6.42 Å². The van der Waals surface area contributed by atoms with Crippen LogP contribution in [0.15, 0.2) is 0 Å². The molecule has 0 saturated carbocycles. The van der Waals surface area contributed by atoms with Gasteiger partial charge in [-0.1, -0.05) is 6.92 Å². The lowest BCUT2D eigenvalue weighted by Gasteiger charge is -2.12. The van der Waals surface area contributed by atoms with Gasteiger partial charge in [-0.3, -0.25) is 4.79 Å². The van der Waals surface area contributed by atoms with Crippen LogP contribution < -0.4 is 5.32 Å². The highest BCUT2D eigenvalue weighted by atomic mass is 16.5. The fraction of sp³-hybridized carbons (Fsp3) is 0.889. The molecule has 3 nitrogen and oxygen atoms in total. The number of ether oxygens (including phenoxy) is 1. The van der Waals surface area contributed by atoms with Gasteiger partial charge in [0.25, 0.3) is 0 Å². The van der Waals surface area contributed by atoms with E-state index in [1.807, 2.05) is 20.8 Å². The third-order valence-corrected chi connectivity index (χ3v) is 1.63. The highest BCUT2D eigenvalue weighted by molar-refractivity contribution is 5.75. The highest BCUT2D eigenvalue weighted by Crippen LogP contribution is 1.92. The van der Waals surface area contributed by atoms with Crippen LogP contribution in [0.5, 0.6) is 0 Å². The molecule has 0 aromatic heterocycles. The molecule has 0 saturated heterocycles. The fourth-order valence-electron chi connectivity index (χ4n) is 0.854. The zero-order chi connectivity index (χ0) is 9.40. The van der Waals surface area contributed by atoms with E-state index in [0.717, 1.165) is 19.6 Å². The van der Waals surface area contributed by atoms with Crippen molar-refractivity contribution in [3.63, 3.8) is 0 Å². The van der Waals surface area contributed by atoms with E-state index < -0.39 is 0 Å². The molecule has 3 heteroatoms. The van der Waals surface area contributed by atoms with Gasteiger partial charge in [-0.25, -0.2) is 0 Å². The van der Waals surface area contributed by atoms with Crippen LogP contribution in [0.4, 0.5) is 0 Å². The van der Waals surface area contributed by atoms with Gasteiger partial charge in [0.1, 0.15) is 0 Å². The first-order valence-electron chi connectivity index (χ1n) is 4.57. The molecular weight excluding hydrogens is 154 g/mol. The molecule has 0 aromatic carbocycles. The lowest BCUT2D eigenvalue weighted by molar-refractivity contribution is -0.121. The molecule has 0 aliphatic heterocycles. The lowest BCUT2D eigenvalue weighted by atomic mass is 10.2. The van der Waals surface area contributed by atoms with Gasteiger partial charge < -0.3 is 10.1 Å². The summed E-state index contributed by atoms with van der Waals surface area (Å²) < 4.78 is 5.17. The number of amides is 1. The number of hydrogen-bond acceptors (Lipinski definition) is 2. The zero-order valence-corrected chi connectivity index (χ0v) is 8.22. The Balaban J connectivity index is 3.32. The molecule has 72 valence electrons. The van der Waals surface area contributed by atoms with E-state index in [-0.39, 0.29) is 11.9 Å². The van der Waals surface area contributed by atoms with Crippen molar-refractivity contribution in [2.45, 2.75) is 39.7 Å². The van der Waals surface area contributed by atoms with Crippen LogP contribution in [0.1, 0.15) is 33.6 Å². The standard InChI is InChI=1S/C9H19NO2/c1-4-9(11)10-8(3)6-7-12-5-2/h8H,4-7H2,1-3H3,(H,10,11). The van der Waals surface area contributed by atoms with Crippen molar-refractivity contribution in [1.29, 1.82) is 0 Å². The smallest absolute Gasteiger partial charge is 0.219 e. The van der Waals surface area contributed by atoms with Crippen LogP contribution in [-0.4, -0.2) is 25.2 Å². The first-order valence-corrected chi connectivity index (χ1v) is 4.57. The van der Waals surface area contributed by atoms with Gasteiger partial charge in [0.15, 0.2) is 0 Å². The van der Waals surface area contributed by atoms with E-state index in [1.165, 1.54) is 0 Å². The van der Waals surface area contributed by atoms with Crippen molar-refractivity contribution >= 4 is 5.91 Å². The van der Waals surface area contributed by atoms with Crippen molar-refractivity contribution in [3.8, 4) is 0 Å². The molecule has 0 aliphatic carbocycles. The summed E-state index contributed by atoms with van der Waals surface area (Å²) in [6, 6.07) is 0.226. The summed E-state index contributed by atoms with van der Waals surface area (Å²) in [5.74, 6) is 0.110. The van der Waals surface area contributed by atoms with Crippen molar-refractivity contribution in [1.82, 2.24) is 5.32 Å². The van der Waals surface area contributed by atoms with Crippen LogP contribution in [-0.2, 0) is 9.53 Å². The summed E-state index contributed by atoms with van der Waals surface area (Å²) in [7, 11) is 0. The van der Waals surface area contributed by atoms with Crippen LogP contribution in [0.3, 0.4) is 0 Å². The van der Waals surface area contributed by atoms with Gasteiger partial charge in [-0.05, 0) is 20.3 Å². The molecule has 0 aliphatic rings. The molecular formula is C9H19NO2. The number of nitrogens with one attached hydrogen (secondary N) is 1. The van der Waals surface area contributed by atoms with Gasteiger partial charge in [0.2, 0.25) is 5.91 Å². The Morgan fingerprint density at radius 2 is 2.17 bits per heavy atom. The average molecular weight is 173 g/mol. The van der Waals surface area contributed by atoms with Crippen LogP contribution >= 0.6 is 0 Å². The molecule has 1 N–H and O–H groups in total. The van der Waals surface area contributed by atoms with Crippen molar-refractivity contribution in [2.75, 3.05) is 13.2 Å². The van der Waals surface area contributed by atoms with Crippen molar-refractivity contribution < 1.29 is 9.53 Å². The SMILES string of the molecule is CCOCCC(C)NC(=O)CC. The average Bonchev–Trinajstić information content (AvgIpc) is 2.05. The van der Waals surface area contributed by atoms with E-state index in [9.17, 15) is 4.79 Å². The molecule has 1 amide bonds. The maximum atomic E-state index is 10.9. The zero-order valence-electron chi connectivity index (χ0n) is 8.22. The molecule has 0 aromatic rings. The molecule has 0 rings (SSSR count). The molecule has 0 bridgehead atoms. The number of carbonyl (C=O) groups excluding carboxylic acids is 1. The van der Waals surface area contributed by atoms with Crippen LogP contribution in [0, 0.1) is 0 Å². The maximum absolute atomic E-state index is 10.9. The minimum absolute atomic E-state index is 0.110. The molecule has 1 atom stereocenters. The fourth-order valence-corrected chi connectivity index (χ4v) is 0.854. The van der Waals surface area contributed by atoms with Gasteiger partial charge in [-0.15, -0.1) is 0 Å². The molecule has 12 heavy (non-hydrogen) atoms. The monoisotopic (exact) mass is 173 g/mol. The molecule has 1 unspecified atom stereocenters. The van der Waals surface area contributed by atoms with Gasteiger partial charge >= 0.3 is 0 Å². The van der Waals surface area contributed by atoms with Gasteiger partial charge in [-0.2, -0.15) is 0 Å². The van der Waals surface area contributed by atoms with Gasteiger partial charge in [0.05, 0.1) is 0 Å². The number of carbonyl (C=O) groups is 1. The third kappa shape index (κ3) is 6.16. The summed E-state index contributed by atoms with van der Waals surface area (Å²) >= 11 is 0. The summed E-state index contributed by atoms with van der Waals surface area (Å²) in [6.45, 7) is 7.28. The first kappa shape index (κ1) is 11.4. The normalized spacial score (nSPS) is 12.6.